The van der Waals surface area contributed by atoms with Crippen LogP contribution in [-0.2, 0) is 4.74 Å². The van der Waals surface area contributed by atoms with Gasteiger partial charge in [0.05, 0.1) is 19.8 Å². The van der Waals surface area contributed by atoms with Gasteiger partial charge < -0.3 is 19.9 Å². The summed E-state index contributed by atoms with van der Waals surface area (Å²) in [4.78, 5) is 11.0. The third kappa shape index (κ3) is 2.03. The molecule has 1 aliphatic heterocycles. The van der Waals surface area contributed by atoms with Gasteiger partial charge in [0.1, 0.15) is 0 Å². The zero-order valence-corrected chi connectivity index (χ0v) is 8.90. The first-order valence-electron chi connectivity index (χ1n) is 5.01. The lowest BCUT2D eigenvalue weighted by atomic mass is 10.0. The van der Waals surface area contributed by atoms with Crippen molar-refractivity contribution in [1.29, 1.82) is 0 Å². The SMILES string of the molecule is COc1ccc([C@@H]2CCOC(=O)N2)cc1O. The summed E-state index contributed by atoms with van der Waals surface area (Å²) >= 11 is 0. The number of benzene rings is 1. The molecule has 1 aromatic rings. The number of carbonyl (C=O) groups is 1. The lowest BCUT2D eigenvalue weighted by Crippen LogP contribution is -2.35. The second-order valence-corrected chi connectivity index (χ2v) is 3.55. The molecular formula is C11H13NO4. The third-order valence-corrected chi connectivity index (χ3v) is 2.54. The van der Waals surface area contributed by atoms with Crippen LogP contribution in [0.25, 0.3) is 0 Å². The minimum atomic E-state index is -0.424. The molecule has 1 atom stereocenters. The van der Waals surface area contributed by atoms with Crippen LogP contribution in [0.15, 0.2) is 18.2 Å². The van der Waals surface area contributed by atoms with E-state index in [-0.39, 0.29) is 11.8 Å². The van der Waals surface area contributed by atoms with Gasteiger partial charge in [-0.1, -0.05) is 6.07 Å². The van der Waals surface area contributed by atoms with Crippen LogP contribution in [0.1, 0.15) is 18.0 Å². The molecule has 1 amide bonds. The number of ether oxygens (including phenoxy) is 2. The van der Waals surface area contributed by atoms with Crippen LogP contribution in [0, 0.1) is 0 Å². The molecule has 1 saturated heterocycles. The molecule has 0 unspecified atom stereocenters. The summed E-state index contributed by atoms with van der Waals surface area (Å²) in [6.07, 6.45) is 0.267. The zero-order valence-electron chi connectivity index (χ0n) is 8.90. The Balaban J connectivity index is 2.20. The number of phenols is 1. The van der Waals surface area contributed by atoms with Crippen molar-refractivity contribution in [2.45, 2.75) is 12.5 Å². The average molecular weight is 223 g/mol. The van der Waals surface area contributed by atoms with Crippen LogP contribution in [0.5, 0.6) is 11.5 Å². The normalized spacial score (nSPS) is 19.8. The number of carbonyl (C=O) groups excluding carboxylic acids is 1. The topological polar surface area (TPSA) is 67.8 Å². The number of rotatable bonds is 2. The molecule has 5 heteroatoms. The Morgan fingerprint density at radius 1 is 1.56 bits per heavy atom. The maximum Gasteiger partial charge on any atom is 0.407 e. The molecule has 2 N–H and O–H groups in total. The fourth-order valence-electron chi connectivity index (χ4n) is 1.70. The molecule has 0 saturated carbocycles. The van der Waals surface area contributed by atoms with Crippen molar-refractivity contribution in [3.63, 3.8) is 0 Å². The van der Waals surface area contributed by atoms with Gasteiger partial charge in [-0.3, -0.25) is 0 Å². The molecule has 1 aliphatic rings. The number of amides is 1. The number of cyclic esters (lactones) is 1. The summed E-state index contributed by atoms with van der Waals surface area (Å²) in [5.41, 5.74) is 0.843. The summed E-state index contributed by atoms with van der Waals surface area (Å²) in [5, 5.41) is 12.3. The van der Waals surface area contributed by atoms with Crippen LogP contribution in [0.4, 0.5) is 4.79 Å². The lowest BCUT2D eigenvalue weighted by Gasteiger charge is -2.23. The van der Waals surface area contributed by atoms with Crippen molar-refractivity contribution < 1.29 is 19.4 Å². The number of phenolic OH excluding ortho intramolecular Hbond substituents is 1. The second-order valence-electron chi connectivity index (χ2n) is 3.55. The Bertz CT molecular complexity index is 405. The molecule has 0 spiro atoms. The van der Waals surface area contributed by atoms with Gasteiger partial charge >= 0.3 is 6.09 Å². The van der Waals surface area contributed by atoms with E-state index in [1.54, 1.807) is 12.1 Å². The smallest absolute Gasteiger partial charge is 0.407 e. The highest BCUT2D eigenvalue weighted by molar-refractivity contribution is 5.68. The Morgan fingerprint density at radius 2 is 2.38 bits per heavy atom. The molecule has 86 valence electrons. The van der Waals surface area contributed by atoms with Gasteiger partial charge in [-0.15, -0.1) is 0 Å². The van der Waals surface area contributed by atoms with Crippen LogP contribution in [-0.4, -0.2) is 24.9 Å². The maximum atomic E-state index is 11.0. The van der Waals surface area contributed by atoms with Crippen molar-refractivity contribution in [2.24, 2.45) is 0 Å². The van der Waals surface area contributed by atoms with E-state index in [1.165, 1.54) is 7.11 Å². The van der Waals surface area contributed by atoms with E-state index in [0.29, 0.717) is 18.8 Å². The van der Waals surface area contributed by atoms with Crippen molar-refractivity contribution in [1.82, 2.24) is 5.32 Å². The molecule has 2 rings (SSSR count). The number of hydrogen-bond acceptors (Lipinski definition) is 4. The standard InChI is InChI=1S/C11H13NO4/c1-15-10-3-2-7(6-9(10)13)8-4-5-16-11(14)12-8/h2-3,6,8,13H,4-5H2,1H3,(H,12,14)/t8-/m0/s1. The van der Waals surface area contributed by atoms with E-state index >= 15 is 0 Å². The highest BCUT2D eigenvalue weighted by atomic mass is 16.5. The predicted molar refractivity (Wildman–Crippen MR) is 56.5 cm³/mol. The summed E-state index contributed by atoms with van der Waals surface area (Å²) in [6, 6.07) is 4.97. The van der Waals surface area contributed by atoms with Crippen molar-refractivity contribution in [3.8, 4) is 11.5 Å². The Morgan fingerprint density at radius 3 is 3.00 bits per heavy atom. The van der Waals surface area contributed by atoms with E-state index < -0.39 is 6.09 Å². The number of hydrogen-bond donors (Lipinski definition) is 2. The van der Waals surface area contributed by atoms with Gasteiger partial charge in [0.25, 0.3) is 0 Å². The second kappa shape index (κ2) is 4.30. The van der Waals surface area contributed by atoms with Gasteiger partial charge in [0.15, 0.2) is 11.5 Å². The first-order valence-corrected chi connectivity index (χ1v) is 5.01. The van der Waals surface area contributed by atoms with Crippen molar-refractivity contribution >= 4 is 6.09 Å². The maximum absolute atomic E-state index is 11.0. The number of nitrogens with one attached hydrogen (secondary N) is 1. The molecule has 5 nitrogen and oxygen atoms in total. The lowest BCUT2D eigenvalue weighted by molar-refractivity contribution is 0.115. The number of alkyl carbamates (subject to hydrolysis) is 1. The van der Waals surface area contributed by atoms with Crippen molar-refractivity contribution in [2.75, 3.05) is 13.7 Å². The van der Waals surface area contributed by atoms with Gasteiger partial charge in [-0.05, 0) is 17.7 Å². The van der Waals surface area contributed by atoms with Crippen LogP contribution < -0.4 is 10.1 Å². The molecule has 0 bridgehead atoms. The molecular weight excluding hydrogens is 210 g/mol. The van der Waals surface area contributed by atoms with E-state index in [1.807, 2.05) is 6.07 Å². The van der Waals surface area contributed by atoms with E-state index in [2.05, 4.69) is 5.32 Å². The summed E-state index contributed by atoms with van der Waals surface area (Å²) in [6.45, 7) is 0.392. The minimum absolute atomic E-state index is 0.0701. The Labute approximate surface area is 93.0 Å². The molecule has 1 fully saturated rings. The largest absolute Gasteiger partial charge is 0.504 e. The molecule has 0 aliphatic carbocycles. The molecule has 0 radical (unpaired) electrons. The molecule has 16 heavy (non-hydrogen) atoms. The van der Waals surface area contributed by atoms with Crippen LogP contribution in [0.3, 0.4) is 0 Å². The fourth-order valence-corrected chi connectivity index (χ4v) is 1.70. The molecule has 1 heterocycles. The zero-order chi connectivity index (χ0) is 11.5. The number of methoxy groups -OCH3 is 1. The van der Waals surface area contributed by atoms with Crippen LogP contribution >= 0.6 is 0 Å². The van der Waals surface area contributed by atoms with Crippen LogP contribution in [0.2, 0.25) is 0 Å². The van der Waals surface area contributed by atoms with Crippen molar-refractivity contribution in [3.05, 3.63) is 23.8 Å². The predicted octanol–water partition coefficient (Wildman–Crippen LogP) is 1.57. The third-order valence-electron chi connectivity index (χ3n) is 2.54. The number of aromatic hydroxyl groups is 1. The first kappa shape index (κ1) is 10.6. The quantitative estimate of drug-likeness (QED) is 0.798. The minimum Gasteiger partial charge on any atom is -0.504 e. The summed E-state index contributed by atoms with van der Waals surface area (Å²) < 4.78 is 9.71. The Kier molecular flexibility index (Phi) is 2.85. The van der Waals surface area contributed by atoms with Gasteiger partial charge in [-0.2, -0.15) is 0 Å². The molecule has 0 aromatic heterocycles. The first-order chi connectivity index (χ1) is 7.70. The fraction of sp³-hybridized carbons (Fsp3) is 0.364. The van der Waals surface area contributed by atoms with Gasteiger partial charge in [-0.25, -0.2) is 4.79 Å². The van der Waals surface area contributed by atoms with E-state index in [0.717, 1.165) is 5.56 Å². The summed E-state index contributed by atoms with van der Waals surface area (Å²) in [7, 11) is 1.49. The summed E-state index contributed by atoms with van der Waals surface area (Å²) in [5.74, 6) is 0.489. The van der Waals surface area contributed by atoms with E-state index in [4.69, 9.17) is 9.47 Å². The van der Waals surface area contributed by atoms with Gasteiger partial charge in [0.2, 0.25) is 0 Å². The monoisotopic (exact) mass is 223 g/mol. The van der Waals surface area contributed by atoms with E-state index in [9.17, 15) is 9.90 Å². The average Bonchev–Trinajstić information content (AvgIpc) is 2.29. The molecule has 1 aromatic carbocycles. The highest BCUT2D eigenvalue weighted by Gasteiger charge is 2.21. The Hall–Kier alpha value is -1.91. The van der Waals surface area contributed by atoms with Gasteiger partial charge in [0, 0.05) is 6.42 Å². The highest BCUT2D eigenvalue weighted by Crippen LogP contribution is 2.30.